The number of nitrogens with zero attached hydrogens (tertiary/aromatic N) is 3. The molecule has 0 spiro atoms. The Morgan fingerprint density at radius 1 is 1.21 bits per heavy atom. The van der Waals surface area contributed by atoms with Crippen molar-refractivity contribution in [3.63, 3.8) is 0 Å². The van der Waals surface area contributed by atoms with Crippen molar-refractivity contribution in [1.82, 2.24) is 9.88 Å². The van der Waals surface area contributed by atoms with E-state index in [1.165, 1.54) is 25.9 Å². The number of ether oxygens (including phenoxy) is 1. The second kappa shape index (κ2) is 6.15. The predicted molar refractivity (Wildman–Crippen MR) is 76.2 cm³/mol. The molecule has 102 valence electrons. The first kappa shape index (κ1) is 12.6. The van der Waals surface area contributed by atoms with Crippen LogP contribution in [0.25, 0.3) is 0 Å². The van der Waals surface area contributed by atoms with Gasteiger partial charge in [-0.2, -0.15) is 0 Å². The van der Waals surface area contributed by atoms with Crippen molar-refractivity contribution in [3.05, 3.63) is 23.4 Å². The second-order valence-electron chi connectivity index (χ2n) is 5.22. The van der Waals surface area contributed by atoms with Crippen molar-refractivity contribution in [2.75, 3.05) is 32.8 Å². The lowest BCUT2D eigenvalue weighted by Crippen LogP contribution is -2.22. The van der Waals surface area contributed by atoms with Gasteiger partial charge in [0.05, 0.1) is 12.3 Å². The van der Waals surface area contributed by atoms with Crippen molar-refractivity contribution in [1.29, 1.82) is 0 Å². The fraction of sp³-hybridized carbons (Fsp3) is 0.600. The van der Waals surface area contributed by atoms with Crippen LogP contribution in [0.2, 0.25) is 0 Å². The summed E-state index contributed by atoms with van der Waals surface area (Å²) in [5.41, 5.74) is 2.25. The van der Waals surface area contributed by atoms with Crippen molar-refractivity contribution in [3.8, 4) is 5.88 Å². The highest BCUT2D eigenvalue weighted by Gasteiger charge is 2.11. The number of pyridine rings is 1. The van der Waals surface area contributed by atoms with Crippen LogP contribution in [-0.2, 0) is 6.42 Å². The quantitative estimate of drug-likeness (QED) is 0.758. The van der Waals surface area contributed by atoms with Crippen LogP contribution in [-0.4, -0.2) is 48.9 Å². The minimum Gasteiger partial charge on any atom is -0.478 e. The number of likely N-dealkylation sites (tertiary alicyclic amines) is 1. The monoisotopic (exact) mass is 259 g/mol. The van der Waals surface area contributed by atoms with E-state index in [-0.39, 0.29) is 0 Å². The van der Waals surface area contributed by atoms with Gasteiger partial charge in [0.15, 0.2) is 0 Å². The normalized spacial score (nSPS) is 18.5. The average molecular weight is 259 g/mol. The van der Waals surface area contributed by atoms with E-state index in [1.807, 2.05) is 12.3 Å². The Hall–Kier alpha value is -1.42. The van der Waals surface area contributed by atoms with Gasteiger partial charge in [0.25, 0.3) is 0 Å². The summed E-state index contributed by atoms with van der Waals surface area (Å²) >= 11 is 0. The van der Waals surface area contributed by atoms with Crippen LogP contribution in [0.4, 0.5) is 0 Å². The molecule has 0 atom stereocenters. The van der Waals surface area contributed by atoms with Gasteiger partial charge in [0.1, 0.15) is 0 Å². The van der Waals surface area contributed by atoms with Crippen molar-refractivity contribution >= 4 is 6.21 Å². The summed E-state index contributed by atoms with van der Waals surface area (Å²) in [6.45, 7) is 5.28. The minimum atomic E-state index is 0.760. The van der Waals surface area contributed by atoms with Gasteiger partial charge in [-0.25, -0.2) is 4.98 Å². The summed E-state index contributed by atoms with van der Waals surface area (Å²) < 4.78 is 5.75. The summed E-state index contributed by atoms with van der Waals surface area (Å²) in [6.07, 6.45) is 6.63. The van der Waals surface area contributed by atoms with Crippen LogP contribution in [0.3, 0.4) is 0 Å². The second-order valence-corrected chi connectivity index (χ2v) is 5.22. The molecule has 0 amide bonds. The molecule has 19 heavy (non-hydrogen) atoms. The third-order valence-corrected chi connectivity index (χ3v) is 3.76. The number of hydrogen-bond donors (Lipinski definition) is 0. The Balaban J connectivity index is 1.46. The van der Waals surface area contributed by atoms with Crippen LogP contribution in [0.1, 0.15) is 30.5 Å². The molecule has 0 saturated carbocycles. The molecule has 1 saturated heterocycles. The van der Waals surface area contributed by atoms with Gasteiger partial charge in [0, 0.05) is 37.4 Å². The average Bonchev–Trinajstić information content (AvgIpc) is 2.97. The maximum atomic E-state index is 5.75. The number of rotatable bonds is 5. The molecule has 0 aromatic carbocycles. The number of hydrogen-bond acceptors (Lipinski definition) is 4. The smallest absolute Gasteiger partial charge is 0.213 e. The van der Waals surface area contributed by atoms with Gasteiger partial charge in [-0.1, -0.05) is 0 Å². The maximum absolute atomic E-state index is 5.75. The fourth-order valence-corrected chi connectivity index (χ4v) is 2.69. The highest BCUT2D eigenvalue weighted by atomic mass is 16.5. The summed E-state index contributed by atoms with van der Waals surface area (Å²) in [5.74, 6) is 0.760. The van der Waals surface area contributed by atoms with E-state index in [0.717, 1.165) is 49.7 Å². The number of aromatic nitrogens is 1. The SMILES string of the molecule is C1=NCCc2nc(OCCCN3CCCC3)ccc21. The molecule has 1 aromatic heterocycles. The van der Waals surface area contributed by atoms with E-state index in [9.17, 15) is 0 Å². The van der Waals surface area contributed by atoms with Crippen molar-refractivity contribution in [2.45, 2.75) is 25.7 Å². The largest absolute Gasteiger partial charge is 0.478 e. The van der Waals surface area contributed by atoms with Crippen molar-refractivity contribution in [2.24, 2.45) is 4.99 Å². The Morgan fingerprint density at radius 3 is 3.00 bits per heavy atom. The van der Waals surface area contributed by atoms with Crippen LogP contribution in [0, 0.1) is 0 Å². The van der Waals surface area contributed by atoms with E-state index in [0.29, 0.717) is 0 Å². The van der Waals surface area contributed by atoms with Crippen LogP contribution >= 0.6 is 0 Å². The molecule has 4 heteroatoms. The van der Waals surface area contributed by atoms with Gasteiger partial charge >= 0.3 is 0 Å². The third-order valence-electron chi connectivity index (χ3n) is 3.76. The fourth-order valence-electron chi connectivity index (χ4n) is 2.69. The highest BCUT2D eigenvalue weighted by Crippen LogP contribution is 2.15. The first-order valence-electron chi connectivity index (χ1n) is 7.27. The first-order valence-corrected chi connectivity index (χ1v) is 7.27. The Labute approximate surface area is 114 Å². The lowest BCUT2D eigenvalue weighted by atomic mass is 10.1. The molecule has 2 aliphatic rings. The van der Waals surface area contributed by atoms with Crippen LogP contribution in [0.15, 0.2) is 17.1 Å². The Bertz CT molecular complexity index is 453. The van der Waals surface area contributed by atoms with Gasteiger partial charge < -0.3 is 9.64 Å². The van der Waals surface area contributed by atoms with Crippen LogP contribution in [0.5, 0.6) is 5.88 Å². The summed E-state index contributed by atoms with van der Waals surface area (Å²) in [6, 6.07) is 4.01. The van der Waals surface area contributed by atoms with E-state index in [4.69, 9.17) is 4.74 Å². The summed E-state index contributed by atoms with van der Waals surface area (Å²) in [5, 5.41) is 0. The zero-order valence-electron chi connectivity index (χ0n) is 11.3. The summed E-state index contributed by atoms with van der Waals surface area (Å²) in [7, 11) is 0. The summed E-state index contributed by atoms with van der Waals surface area (Å²) in [4.78, 5) is 11.3. The highest BCUT2D eigenvalue weighted by molar-refractivity contribution is 5.82. The van der Waals surface area contributed by atoms with Gasteiger partial charge in [-0.15, -0.1) is 0 Å². The van der Waals surface area contributed by atoms with E-state index in [1.54, 1.807) is 0 Å². The number of fused-ring (bicyclic) bond motifs is 1. The molecule has 3 heterocycles. The molecule has 1 fully saturated rings. The number of aliphatic imine (C=N–C) groups is 1. The topological polar surface area (TPSA) is 37.7 Å². The zero-order valence-corrected chi connectivity index (χ0v) is 11.3. The van der Waals surface area contributed by atoms with E-state index in [2.05, 4.69) is 20.9 Å². The molecule has 4 nitrogen and oxygen atoms in total. The predicted octanol–water partition coefficient (Wildman–Crippen LogP) is 1.92. The molecular weight excluding hydrogens is 238 g/mol. The van der Waals surface area contributed by atoms with E-state index < -0.39 is 0 Å². The molecule has 2 aliphatic heterocycles. The molecule has 0 bridgehead atoms. The molecule has 0 N–H and O–H groups in total. The van der Waals surface area contributed by atoms with Gasteiger partial charge in [-0.05, 0) is 38.4 Å². The van der Waals surface area contributed by atoms with Crippen LogP contribution < -0.4 is 4.74 Å². The third kappa shape index (κ3) is 3.32. The lowest BCUT2D eigenvalue weighted by Gasteiger charge is -2.15. The van der Waals surface area contributed by atoms with E-state index >= 15 is 0 Å². The molecule has 0 radical (unpaired) electrons. The maximum Gasteiger partial charge on any atom is 0.213 e. The molecule has 0 unspecified atom stereocenters. The zero-order chi connectivity index (χ0) is 12.9. The lowest BCUT2D eigenvalue weighted by molar-refractivity contribution is 0.256. The standard InChI is InChI=1S/C15H21N3O/c1-2-9-18(8-1)10-3-11-19-15-5-4-13-12-16-7-6-14(13)17-15/h4-5,12H,1-3,6-11H2. The molecular formula is C15H21N3O. The Kier molecular flexibility index (Phi) is 4.08. The minimum absolute atomic E-state index is 0.760. The van der Waals surface area contributed by atoms with Gasteiger partial charge in [0.2, 0.25) is 5.88 Å². The Morgan fingerprint density at radius 2 is 2.11 bits per heavy atom. The molecule has 3 rings (SSSR count). The molecule has 0 aliphatic carbocycles. The first-order chi connectivity index (χ1) is 9.42. The van der Waals surface area contributed by atoms with Crippen molar-refractivity contribution < 1.29 is 4.74 Å². The molecule has 1 aromatic rings. The van der Waals surface area contributed by atoms with Gasteiger partial charge in [-0.3, -0.25) is 4.99 Å².